The van der Waals surface area contributed by atoms with Gasteiger partial charge in [-0.1, -0.05) is 29.3 Å². The highest BCUT2D eigenvalue weighted by atomic mass is 35.5. The van der Waals surface area contributed by atoms with E-state index in [2.05, 4.69) is 10.2 Å². The molecule has 0 atom stereocenters. The second kappa shape index (κ2) is 12.9. The highest BCUT2D eigenvalue weighted by molar-refractivity contribution is 6.42. The summed E-state index contributed by atoms with van der Waals surface area (Å²) in [6.45, 7) is 3.87. The van der Waals surface area contributed by atoms with Crippen LogP contribution in [0.5, 0.6) is 11.5 Å². The number of methoxy groups -OCH3 is 2. The Hall–Kier alpha value is -2.48. The number of nitrogens with zero attached hydrogens (tertiary/aromatic N) is 2. The van der Waals surface area contributed by atoms with Crippen molar-refractivity contribution in [1.82, 2.24) is 15.1 Å². The molecule has 0 saturated carbocycles. The van der Waals surface area contributed by atoms with Crippen LogP contribution < -0.4 is 14.8 Å². The largest absolute Gasteiger partial charge is 0.493 e. The van der Waals surface area contributed by atoms with Gasteiger partial charge in [0.05, 0.1) is 24.3 Å². The Morgan fingerprint density at radius 1 is 0.892 bits per heavy atom. The minimum atomic E-state index is 0.000444. The first-order valence-corrected chi connectivity index (χ1v) is 13.6. The molecule has 9 heteroatoms. The first-order valence-electron chi connectivity index (χ1n) is 12.9. The Balaban J connectivity index is 1.17. The Bertz CT molecular complexity index is 1100. The first kappa shape index (κ1) is 27.6. The average Bonchev–Trinajstić information content (AvgIpc) is 2.94. The van der Waals surface area contributed by atoms with E-state index in [1.807, 2.05) is 23.1 Å². The van der Waals surface area contributed by atoms with E-state index in [1.54, 1.807) is 32.4 Å². The van der Waals surface area contributed by atoms with Gasteiger partial charge in [0, 0.05) is 37.2 Å². The zero-order valence-electron chi connectivity index (χ0n) is 21.5. The number of rotatable bonds is 8. The molecule has 0 bridgehead atoms. The lowest BCUT2D eigenvalue weighted by Crippen LogP contribution is -2.50. The maximum absolute atomic E-state index is 12.9. The Kier molecular flexibility index (Phi) is 9.57. The number of piperidine rings is 2. The highest BCUT2D eigenvalue weighted by Gasteiger charge is 2.32. The minimum Gasteiger partial charge on any atom is -0.493 e. The number of amides is 2. The van der Waals surface area contributed by atoms with Crippen LogP contribution in [0.25, 0.3) is 0 Å². The molecule has 2 fully saturated rings. The molecule has 200 valence electrons. The van der Waals surface area contributed by atoms with Gasteiger partial charge in [0.15, 0.2) is 11.5 Å². The molecule has 2 aliphatic rings. The van der Waals surface area contributed by atoms with E-state index >= 15 is 0 Å². The third kappa shape index (κ3) is 6.89. The number of nitrogens with one attached hydrogen (secondary N) is 1. The van der Waals surface area contributed by atoms with Gasteiger partial charge in [-0.2, -0.15) is 0 Å². The number of carbonyl (C=O) groups is 2. The Morgan fingerprint density at radius 2 is 1.59 bits per heavy atom. The Labute approximate surface area is 229 Å². The van der Waals surface area contributed by atoms with E-state index in [4.69, 9.17) is 32.7 Å². The number of hydrogen-bond donors (Lipinski definition) is 1. The van der Waals surface area contributed by atoms with Crippen LogP contribution in [-0.2, 0) is 11.2 Å². The van der Waals surface area contributed by atoms with Crippen LogP contribution in [0.3, 0.4) is 0 Å². The van der Waals surface area contributed by atoms with Gasteiger partial charge in [0.2, 0.25) is 5.91 Å². The van der Waals surface area contributed by atoms with Crippen LogP contribution in [0, 0.1) is 5.92 Å². The minimum absolute atomic E-state index is 0.000444. The summed E-state index contributed by atoms with van der Waals surface area (Å²) < 4.78 is 10.6. The zero-order chi connectivity index (χ0) is 26.4. The second-order valence-corrected chi connectivity index (χ2v) is 10.5. The van der Waals surface area contributed by atoms with Gasteiger partial charge in [-0.25, -0.2) is 0 Å². The number of hydrogen-bond acceptors (Lipinski definition) is 5. The van der Waals surface area contributed by atoms with Crippen molar-refractivity contribution in [3.8, 4) is 11.5 Å². The van der Waals surface area contributed by atoms with Gasteiger partial charge in [0.1, 0.15) is 0 Å². The lowest BCUT2D eigenvalue weighted by atomic mass is 9.92. The van der Waals surface area contributed by atoms with Gasteiger partial charge >= 0.3 is 0 Å². The lowest BCUT2D eigenvalue weighted by Gasteiger charge is -2.41. The topological polar surface area (TPSA) is 71.1 Å². The lowest BCUT2D eigenvalue weighted by molar-refractivity contribution is -0.126. The average molecular weight is 549 g/mol. The fourth-order valence-corrected chi connectivity index (χ4v) is 5.58. The molecule has 2 aromatic rings. The normalized spacial score (nSPS) is 17.5. The van der Waals surface area contributed by atoms with Crippen LogP contribution in [0.1, 0.15) is 41.6 Å². The van der Waals surface area contributed by atoms with Crippen LogP contribution in [0.4, 0.5) is 0 Å². The maximum Gasteiger partial charge on any atom is 0.253 e. The number of benzene rings is 2. The van der Waals surface area contributed by atoms with Gasteiger partial charge in [-0.15, -0.1) is 0 Å². The molecule has 0 aliphatic carbocycles. The van der Waals surface area contributed by atoms with Gasteiger partial charge in [-0.05, 0) is 81.1 Å². The van der Waals surface area contributed by atoms with Crippen molar-refractivity contribution < 1.29 is 19.1 Å². The predicted molar refractivity (Wildman–Crippen MR) is 146 cm³/mol. The van der Waals surface area contributed by atoms with E-state index in [0.717, 1.165) is 63.8 Å². The number of ether oxygens (including phenoxy) is 2. The summed E-state index contributed by atoms with van der Waals surface area (Å²) in [6.07, 6.45) is 4.35. The van der Waals surface area contributed by atoms with Crippen molar-refractivity contribution in [2.24, 2.45) is 5.92 Å². The van der Waals surface area contributed by atoms with Crippen molar-refractivity contribution in [3.05, 3.63) is 57.6 Å². The molecule has 2 heterocycles. The molecular formula is C28H35Cl2N3O4. The summed E-state index contributed by atoms with van der Waals surface area (Å²) in [5, 5.41) is 3.96. The van der Waals surface area contributed by atoms with E-state index < -0.39 is 0 Å². The molecule has 37 heavy (non-hydrogen) atoms. The third-order valence-corrected chi connectivity index (χ3v) is 8.23. The molecular weight excluding hydrogens is 513 g/mol. The summed E-state index contributed by atoms with van der Waals surface area (Å²) in [5.74, 6) is 1.59. The molecule has 1 N–H and O–H groups in total. The summed E-state index contributed by atoms with van der Waals surface area (Å²) in [4.78, 5) is 30.0. The maximum atomic E-state index is 12.9. The van der Waals surface area contributed by atoms with E-state index in [1.165, 1.54) is 0 Å². The van der Waals surface area contributed by atoms with Gasteiger partial charge < -0.3 is 24.6 Å². The fraction of sp³-hybridized carbons (Fsp3) is 0.500. The zero-order valence-corrected chi connectivity index (χ0v) is 23.0. The molecule has 0 radical (unpaired) electrons. The van der Waals surface area contributed by atoms with Crippen molar-refractivity contribution in [2.75, 3.05) is 46.9 Å². The van der Waals surface area contributed by atoms with E-state index in [0.29, 0.717) is 39.7 Å². The monoisotopic (exact) mass is 547 g/mol. The molecule has 0 unspecified atom stereocenters. The van der Waals surface area contributed by atoms with E-state index in [-0.39, 0.29) is 17.7 Å². The molecule has 0 aromatic heterocycles. The standard InChI is InChI=1S/C28H35Cl2N3O4/c1-36-25-6-3-19(17-26(25)37-2)7-12-31-27(34)20-8-13-32(14-9-20)22-10-15-33(16-11-22)28(35)21-4-5-23(29)24(30)18-21/h3-6,17-18,20,22H,7-16H2,1-2H3,(H,31,34). The van der Waals surface area contributed by atoms with Crippen LogP contribution in [0.15, 0.2) is 36.4 Å². The number of likely N-dealkylation sites (tertiary alicyclic amines) is 2. The molecule has 2 saturated heterocycles. The van der Waals surface area contributed by atoms with Gasteiger partial charge in [-0.3, -0.25) is 9.59 Å². The predicted octanol–water partition coefficient (Wildman–Crippen LogP) is 4.69. The highest BCUT2D eigenvalue weighted by Crippen LogP contribution is 2.28. The summed E-state index contributed by atoms with van der Waals surface area (Å²) in [6, 6.07) is 11.3. The van der Waals surface area contributed by atoms with Crippen LogP contribution in [-0.4, -0.2) is 74.6 Å². The van der Waals surface area contributed by atoms with Crippen molar-refractivity contribution in [3.63, 3.8) is 0 Å². The molecule has 2 aliphatic heterocycles. The molecule has 2 amide bonds. The molecule has 7 nitrogen and oxygen atoms in total. The van der Waals surface area contributed by atoms with Crippen LogP contribution in [0.2, 0.25) is 10.0 Å². The third-order valence-electron chi connectivity index (χ3n) is 7.50. The summed E-state index contributed by atoms with van der Waals surface area (Å²) >= 11 is 12.1. The fourth-order valence-electron chi connectivity index (χ4n) is 5.28. The second-order valence-electron chi connectivity index (χ2n) is 9.69. The smallest absolute Gasteiger partial charge is 0.253 e. The SMILES string of the molecule is COc1ccc(CCNC(=O)C2CCN(C3CCN(C(=O)c4ccc(Cl)c(Cl)c4)CC3)CC2)cc1OC. The quantitative estimate of drug-likeness (QED) is 0.519. The van der Waals surface area contributed by atoms with Crippen LogP contribution >= 0.6 is 23.2 Å². The number of carbonyl (C=O) groups excluding carboxylic acids is 2. The first-order chi connectivity index (χ1) is 17.9. The van der Waals surface area contributed by atoms with Crippen molar-refractivity contribution in [2.45, 2.75) is 38.1 Å². The summed E-state index contributed by atoms with van der Waals surface area (Å²) in [5.41, 5.74) is 1.67. The molecule has 2 aromatic carbocycles. The van der Waals surface area contributed by atoms with Crippen molar-refractivity contribution >= 4 is 35.0 Å². The van der Waals surface area contributed by atoms with Crippen molar-refractivity contribution in [1.29, 1.82) is 0 Å². The van der Waals surface area contributed by atoms with Gasteiger partial charge in [0.25, 0.3) is 5.91 Å². The summed E-state index contributed by atoms with van der Waals surface area (Å²) in [7, 11) is 3.24. The molecule has 0 spiro atoms. The Morgan fingerprint density at radius 3 is 2.24 bits per heavy atom. The number of halogens is 2. The molecule has 4 rings (SSSR count). The van der Waals surface area contributed by atoms with E-state index in [9.17, 15) is 9.59 Å².